The molecule has 1 aromatic rings. The number of halogens is 1. The molecule has 1 heterocycles. The van der Waals surface area contributed by atoms with E-state index in [4.69, 9.17) is 0 Å². The minimum absolute atomic E-state index is 0. The normalized spacial score (nSPS) is 19.9. The molecule has 178 valence electrons. The molecule has 32 heavy (non-hydrogen) atoms. The molecule has 2 amide bonds. The molecule has 8 heteroatoms. The van der Waals surface area contributed by atoms with Crippen molar-refractivity contribution in [2.45, 2.75) is 71.0 Å². The maximum Gasteiger partial charge on any atom is 0.251 e. The number of nitrogens with one attached hydrogen (secondary N) is 3. The van der Waals surface area contributed by atoms with Gasteiger partial charge in [-0.15, -0.1) is 24.0 Å². The van der Waals surface area contributed by atoms with Gasteiger partial charge in [0.15, 0.2) is 5.96 Å². The highest BCUT2D eigenvalue weighted by Gasteiger charge is 2.32. The highest BCUT2D eigenvalue weighted by molar-refractivity contribution is 14.0. The third-order valence-electron chi connectivity index (χ3n) is 6.43. The van der Waals surface area contributed by atoms with Crippen molar-refractivity contribution in [3.8, 4) is 0 Å². The van der Waals surface area contributed by atoms with Gasteiger partial charge in [-0.3, -0.25) is 14.6 Å². The van der Waals surface area contributed by atoms with Gasteiger partial charge >= 0.3 is 0 Å². The number of carbonyl (C=O) groups excluding carboxylic acids is 2. The van der Waals surface area contributed by atoms with Crippen molar-refractivity contribution < 1.29 is 9.59 Å². The average molecular weight is 556 g/mol. The largest absolute Gasteiger partial charge is 0.352 e. The molecule has 0 spiro atoms. The lowest BCUT2D eigenvalue weighted by Crippen LogP contribution is -2.45. The first-order valence-electron chi connectivity index (χ1n) is 11.7. The van der Waals surface area contributed by atoms with Crippen LogP contribution >= 0.6 is 24.0 Å². The molecule has 2 atom stereocenters. The van der Waals surface area contributed by atoms with Crippen molar-refractivity contribution in [3.05, 3.63) is 35.4 Å². The van der Waals surface area contributed by atoms with Crippen LogP contribution in [0.4, 0.5) is 0 Å². The van der Waals surface area contributed by atoms with Crippen molar-refractivity contribution in [1.82, 2.24) is 20.9 Å². The van der Waals surface area contributed by atoms with E-state index >= 15 is 0 Å². The molecule has 1 aliphatic heterocycles. The zero-order valence-corrected chi connectivity index (χ0v) is 21.9. The van der Waals surface area contributed by atoms with E-state index in [1.54, 1.807) is 7.05 Å². The Bertz CT molecular complexity index is 777. The number of rotatable bonds is 7. The minimum atomic E-state index is -0.0377. The number of amides is 2. The first kappa shape index (κ1) is 26.4. The lowest BCUT2D eigenvalue weighted by atomic mass is 10.1. The zero-order chi connectivity index (χ0) is 22.2. The summed E-state index contributed by atoms with van der Waals surface area (Å²) in [6, 6.07) is 8.03. The van der Waals surface area contributed by atoms with Crippen molar-refractivity contribution >= 4 is 41.8 Å². The summed E-state index contributed by atoms with van der Waals surface area (Å²) in [5, 5.41) is 9.77. The molecule has 2 unspecified atom stereocenters. The van der Waals surface area contributed by atoms with Crippen molar-refractivity contribution in [3.63, 3.8) is 0 Å². The van der Waals surface area contributed by atoms with Crippen LogP contribution in [-0.4, -0.2) is 54.9 Å². The van der Waals surface area contributed by atoms with E-state index in [9.17, 15) is 9.59 Å². The number of guanidine groups is 1. The summed E-state index contributed by atoms with van der Waals surface area (Å²) in [4.78, 5) is 31.2. The van der Waals surface area contributed by atoms with Crippen LogP contribution in [0.15, 0.2) is 29.3 Å². The standard InChI is InChI=1S/C24H37N5O2.HI/c1-4-17(2)27-22(30)19-11-9-18(10-12-19)15-26-24(25-3)28-21-13-14-29(16-21)23(31)20-7-5-6-8-20;/h9-12,17,20-21H,4-8,13-16H2,1-3H3,(H,27,30)(H2,25,26,28);1H. The van der Waals surface area contributed by atoms with Crippen LogP contribution in [-0.2, 0) is 11.3 Å². The molecule has 3 rings (SSSR count). The van der Waals surface area contributed by atoms with Gasteiger partial charge in [0.05, 0.1) is 0 Å². The number of carbonyl (C=O) groups is 2. The summed E-state index contributed by atoms with van der Waals surface area (Å²) in [6.07, 6.45) is 6.33. The number of likely N-dealkylation sites (tertiary alicyclic amines) is 1. The Labute approximate surface area is 209 Å². The van der Waals surface area contributed by atoms with Crippen LogP contribution in [0.25, 0.3) is 0 Å². The number of nitrogens with zero attached hydrogens (tertiary/aromatic N) is 2. The second kappa shape index (κ2) is 13.0. The number of aliphatic imine (C=N–C) groups is 1. The van der Waals surface area contributed by atoms with Crippen molar-refractivity contribution in [2.24, 2.45) is 10.9 Å². The third kappa shape index (κ3) is 7.35. The fourth-order valence-electron chi connectivity index (χ4n) is 4.27. The molecule has 0 radical (unpaired) electrons. The van der Waals surface area contributed by atoms with Gasteiger partial charge in [-0.05, 0) is 50.3 Å². The second-order valence-electron chi connectivity index (χ2n) is 8.80. The van der Waals surface area contributed by atoms with E-state index in [1.165, 1.54) is 12.8 Å². The summed E-state index contributed by atoms with van der Waals surface area (Å²) in [5.41, 5.74) is 1.75. The minimum Gasteiger partial charge on any atom is -0.352 e. The maximum atomic E-state index is 12.6. The fourth-order valence-corrected chi connectivity index (χ4v) is 4.27. The van der Waals surface area contributed by atoms with Gasteiger partial charge in [-0.2, -0.15) is 0 Å². The number of hydrogen-bond donors (Lipinski definition) is 3. The van der Waals surface area contributed by atoms with Gasteiger partial charge in [-0.1, -0.05) is 31.9 Å². The van der Waals surface area contributed by atoms with Crippen molar-refractivity contribution in [2.75, 3.05) is 20.1 Å². The van der Waals surface area contributed by atoms with E-state index in [2.05, 4.69) is 27.9 Å². The summed E-state index contributed by atoms with van der Waals surface area (Å²) in [7, 11) is 1.76. The topological polar surface area (TPSA) is 85.8 Å². The fraction of sp³-hybridized carbons (Fsp3) is 0.625. The molecule has 0 bridgehead atoms. The summed E-state index contributed by atoms with van der Waals surface area (Å²) >= 11 is 0. The van der Waals surface area contributed by atoms with Gasteiger partial charge in [0.1, 0.15) is 0 Å². The molecule has 1 saturated heterocycles. The molecule has 2 fully saturated rings. The Morgan fingerprint density at radius 2 is 1.84 bits per heavy atom. The molecule has 1 aromatic carbocycles. The lowest BCUT2D eigenvalue weighted by molar-refractivity contribution is -0.134. The molecule has 2 aliphatic rings. The number of benzene rings is 1. The summed E-state index contributed by atoms with van der Waals surface area (Å²) in [6.45, 7) is 6.24. The van der Waals surface area contributed by atoms with Crippen molar-refractivity contribution in [1.29, 1.82) is 0 Å². The highest BCUT2D eigenvalue weighted by atomic mass is 127. The van der Waals surface area contributed by atoms with Crippen LogP contribution in [0.1, 0.15) is 68.3 Å². The number of hydrogen-bond acceptors (Lipinski definition) is 3. The van der Waals surface area contributed by atoms with Gasteiger partial charge in [0.25, 0.3) is 5.91 Å². The van der Waals surface area contributed by atoms with Crippen LogP contribution in [0.5, 0.6) is 0 Å². The van der Waals surface area contributed by atoms with E-state index in [0.29, 0.717) is 18.0 Å². The molecule has 0 aromatic heterocycles. The molecule has 7 nitrogen and oxygen atoms in total. The lowest BCUT2D eigenvalue weighted by Gasteiger charge is -2.21. The van der Waals surface area contributed by atoms with Gasteiger partial charge in [0.2, 0.25) is 5.91 Å². The van der Waals surface area contributed by atoms with E-state index < -0.39 is 0 Å². The summed E-state index contributed by atoms with van der Waals surface area (Å²) < 4.78 is 0. The Morgan fingerprint density at radius 1 is 1.16 bits per heavy atom. The molecular weight excluding hydrogens is 517 g/mol. The molecule has 1 saturated carbocycles. The van der Waals surface area contributed by atoms with E-state index in [0.717, 1.165) is 50.3 Å². The Morgan fingerprint density at radius 3 is 2.47 bits per heavy atom. The van der Waals surface area contributed by atoms with E-state index in [1.807, 2.05) is 36.1 Å². The summed E-state index contributed by atoms with van der Waals surface area (Å²) in [5.74, 6) is 1.27. The first-order chi connectivity index (χ1) is 15.0. The Balaban J connectivity index is 0.00000363. The maximum absolute atomic E-state index is 12.6. The predicted molar refractivity (Wildman–Crippen MR) is 139 cm³/mol. The van der Waals surface area contributed by atoms with E-state index in [-0.39, 0.29) is 47.9 Å². The second-order valence-corrected chi connectivity index (χ2v) is 8.80. The smallest absolute Gasteiger partial charge is 0.251 e. The average Bonchev–Trinajstić information content (AvgIpc) is 3.48. The Kier molecular flexibility index (Phi) is 10.7. The quantitative estimate of drug-likeness (QED) is 0.274. The Hall–Kier alpha value is -1.84. The van der Waals surface area contributed by atoms with Gasteiger partial charge in [0, 0.05) is 50.2 Å². The van der Waals surface area contributed by atoms with Crippen LogP contribution < -0.4 is 16.0 Å². The van der Waals surface area contributed by atoms with Crippen LogP contribution in [0.2, 0.25) is 0 Å². The van der Waals surface area contributed by atoms with Gasteiger partial charge < -0.3 is 20.9 Å². The molecule has 1 aliphatic carbocycles. The monoisotopic (exact) mass is 555 g/mol. The molecule has 3 N–H and O–H groups in total. The SMILES string of the molecule is CCC(C)NC(=O)c1ccc(CNC(=NC)NC2CCN(C(=O)C3CCCC3)C2)cc1.I. The first-order valence-corrected chi connectivity index (χ1v) is 11.7. The van der Waals surface area contributed by atoms with Gasteiger partial charge in [-0.25, -0.2) is 0 Å². The van der Waals surface area contributed by atoms with Crippen LogP contribution in [0, 0.1) is 5.92 Å². The third-order valence-corrected chi connectivity index (χ3v) is 6.43. The molecular formula is C24H38IN5O2. The predicted octanol–water partition coefficient (Wildman–Crippen LogP) is 3.29. The zero-order valence-electron chi connectivity index (χ0n) is 19.5. The van der Waals surface area contributed by atoms with Crippen LogP contribution in [0.3, 0.4) is 0 Å². The highest BCUT2D eigenvalue weighted by Crippen LogP contribution is 2.27.